The van der Waals surface area contributed by atoms with Crippen LogP contribution in [0.5, 0.6) is 0 Å². The number of rotatable bonds is 2. The molecule has 6 nitrogen and oxygen atoms in total. The number of para-hydroxylation sites is 2. The molecule has 0 aromatic heterocycles. The highest BCUT2D eigenvalue weighted by atomic mass is 16.2. The van der Waals surface area contributed by atoms with Crippen molar-refractivity contribution >= 4 is 35.0 Å². The van der Waals surface area contributed by atoms with Crippen LogP contribution in [0.4, 0.5) is 11.4 Å². The monoisotopic (exact) mass is 296 g/mol. The zero-order valence-electron chi connectivity index (χ0n) is 12.0. The smallest absolute Gasteiger partial charge is 0.261 e. The lowest BCUT2D eigenvalue weighted by Crippen LogP contribution is -2.36. The largest absolute Gasteiger partial charge is 0.269 e. The molecule has 4 amide bonds. The molecule has 110 valence electrons. The molecule has 0 aliphatic carbocycles. The van der Waals surface area contributed by atoms with Gasteiger partial charge in [-0.2, -0.15) is 0 Å². The SMILES string of the molecule is CC1=CC(=O)N(c2ccccc2N2C(=O)C=C(C)C2=O)C1=O. The van der Waals surface area contributed by atoms with Gasteiger partial charge in [-0.3, -0.25) is 19.2 Å². The summed E-state index contributed by atoms with van der Waals surface area (Å²) < 4.78 is 0. The predicted molar refractivity (Wildman–Crippen MR) is 78.9 cm³/mol. The van der Waals surface area contributed by atoms with Gasteiger partial charge in [0, 0.05) is 23.3 Å². The van der Waals surface area contributed by atoms with Crippen molar-refractivity contribution < 1.29 is 19.2 Å². The Bertz CT molecular complexity index is 737. The molecular weight excluding hydrogens is 284 g/mol. The molecule has 6 heteroatoms. The van der Waals surface area contributed by atoms with Gasteiger partial charge in [-0.25, -0.2) is 9.80 Å². The summed E-state index contributed by atoms with van der Waals surface area (Å²) in [5.74, 6) is -1.89. The maximum absolute atomic E-state index is 12.1. The number of hydrogen-bond acceptors (Lipinski definition) is 4. The standard InChI is InChI=1S/C16H12N2O4/c1-9-7-13(19)17(15(9)21)11-5-3-4-6-12(11)18-14(20)8-10(2)16(18)22/h3-8H,1-2H3. The van der Waals surface area contributed by atoms with Crippen LogP contribution < -0.4 is 9.80 Å². The van der Waals surface area contributed by atoms with Gasteiger partial charge in [0.15, 0.2) is 0 Å². The van der Waals surface area contributed by atoms with Crippen LogP contribution in [0.15, 0.2) is 47.6 Å². The Balaban J connectivity index is 2.10. The van der Waals surface area contributed by atoms with Crippen LogP contribution in [0.2, 0.25) is 0 Å². The predicted octanol–water partition coefficient (Wildman–Crippen LogP) is 1.33. The Morgan fingerprint density at radius 2 is 1.05 bits per heavy atom. The number of nitrogens with zero attached hydrogens (tertiary/aromatic N) is 2. The van der Waals surface area contributed by atoms with Gasteiger partial charge in [0.2, 0.25) is 0 Å². The second-order valence-electron chi connectivity index (χ2n) is 5.10. The molecule has 0 bridgehead atoms. The zero-order chi connectivity index (χ0) is 16.0. The number of imide groups is 2. The molecule has 1 aromatic rings. The number of benzene rings is 1. The van der Waals surface area contributed by atoms with Gasteiger partial charge >= 0.3 is 0 Å². The van der Waals surface area contributed by atoms with Gasteiger partial charge in [-0.1, -0.05) is 12.1 Å². The Hall–Kier alpha value is -3.02. The van der Waals surface area contributed by atoms with Gasteiger partial charge in [0.25, 0.3) is 23.6 Å². The second-order valence-corrected chi connectivity index (χ2v) is 5.10. The first-order chi connectivity index (χ1) is 10.4. The molecule has 0 atom stereocenters. The lowest BCUT2D eigenvalue weighted by Gasteiger charge is -2.23. The number of amides is 4. The minimum atomic E-state index is -0.487. The van der Waals surface area contributed by atoms with E-state index in [0.29, 0.717) is 11.1 Å². The van der Waals surface area contributed by atoms with E-state index in [4.69, 9.17) is 0 Å². The van der Waals surface area contributed by atoms with Crippen molar-refractivity contribution in [1.29, 1.82) is 0 Å². The third kappa shape index (κ3) is 1.88. The summed E-state index contributed by atoms with van der Waals surface area (Å²) in [6.07, 6.45) is 2.46. The van der Waals surface area contributed by atoms with Gasteiger partial charge in [-0.15, -0.1) is 0 Å². The van der Waals surface area contributed by atoms with E-state index in [9.17, 15) is 19.2 Å². The van der Waals surface area contributed by atoms with Crippen LogP contribution in [0.25, 0.3) is 0 Å². The van der Waals surface area contributed by atoms with E-state index < -0.39 is 23.6 Å². The van der Waals surface area contributed by atoms with E-state index in [-0.39, 0.29) is 11.4 Å². The molecule has 0 radical (unpaired) electrons. The van der Waals surface area contributed by atoms with Crippen LogP contribution in [-0.2, 0) is 19.2 Å². The molecule has 1 aromatic carbocycles. The first kappa shape index (κ1) is 13.9. The summed E-state index contributed by atoms with van der Waals surface area (Å²) in [6, 6.07) is 6.34. The summed E-state index contributed by atoms with van der Waals surface area (Å²) >= 11 is 0. The summed E-state index contributed by atoms with van der Waals surface area (Å²) in [4.78, 5) is 50.3. The van der Waals surface area contributed by atoms with E-state index in [0.717, 1.165) is 9.80 Å². The van der Waals surface area contributed by atoms with Crippen molar-refractivity contribution in [3.63, 3.8) is 0 Å². The second kappa shape index (κ2) is 4.77. The number of hydrogen-bond donors (Lipinski definition) is 0. The molecule has 2 aliphatic heterocycles. The quantitative estimate of drug-likeness (QED) is 0.772. The molecule has 2 heterocycles. The van der Waals surface area contributed by atoms with Crippen molar-refractivity contribution in [2.24, 2.45) is 0 Å². The highest BCUT2D eigenvalue weighted by Crippen LogP contribution is 2.34. The average Bonchev–Trinajstić information content (AvgIpc) is 2.87. The molecule has 0 spiro atoms. The normalized spacial score (nSPS) is 18.3. The van der Waals surface area contributed by atoms with Crippen LogP contribution in [0.3, 0.4) is 0 Å². The van der Waals surface area contributed by atoms with Crippen molar-refractivity contribution in [2.45, 2.75) is 13.8 Å². The van der Waals surface area contributed by atoms with E-state index in [2.05, 4.69) is 0 Å². The lowest BCUT2D eigenvalue weighted by atomic mass is 10.2. The van der Waals surface area contributed by atoms with Gasteiger partial charge in [0.05, 0.1) is 11.4 Å². The fourth-order valence-electron chi connectivity index (χ4n) is 2.47. The highest BCUT2D eigenvalue weighted by molar-refractivity contribution is 6.35. The molecule has 3 rings (SSSR count). The van der Waals surface area contributed by atoms with Gasteiger partial charge < -0.3 is 0 Å². The van der Waals surface area contributed by atoms with Crippen LogP contribution in [0.1, 0.15) is 13.8 Å². The van der Waals surface area contributed by atoms with E-state index in [1.807, 2.05) is 0 Å². The van der Waals surface area contributed by atoms with Gasteiger partial charge in [-0.05, 0) is 26.0 Å². The van der Waals surface area contributed by atoms with Crippen LogP contribution in [-0.4, -0.2) is 23.6 Å². The first-order valence-electron chi connectivity index (χ1n) is 6.64. The van der Waals surface area contributed by atoms with Crippen molar-refractivity contribution in [3.05, 3.63) is 47.6 Å². The molecule has 0 unspecified atom stereocenters. The minimum Gasteiger partial charge on any atom is -0.269 e. The Morgan fingerprint density at radius 1 is 0.682 bits per heavy atom. The first-order valence-corrected chi connectivity index (χ1v) is 6.64. The van der Waals surface area contributed by atoms with E-state index in [1.165, 1.54) is 24.3 Å². The van der Waals surface area contributed by atoms with Gasteiger partial charge in [0.1, 0.15) is 0 Å². The maximum atomic E-state index is 12.1. The molecule has 2 aliphatic rings. The summed E-state index contributed by atoms with van der Waals surface area (Å²) in [7, 11) is 0. The third-order valence-corrected chi connectivity index (χ3v) is 3.57. The summed E-state index contributed by atoms with van der Waals surface area (Å²) in [6.45, 7) is 3.08. The third-order valence-electron chi connectivity index (χ3n) is 3.57. The molecule has 0 saturated carbocycles. The molecule has 0 fully saturated rings. The van der Waals surface area contributed by atoms with Crippen molar-refractivity contribution in [2.75, 3.05) is 9.80 Å². The summed E-state index contributed by atoms with van der Waals surface area (Å²) in [5, 5.41) is 0. The fourth-order valence-corrected chi connectivity index (χ4v) is 2.47. The fraction of sp³-hybridized carbons (Fsp3) is 0.125. The van der Waals surface area contributed by atoms with Crippen LogP contribution >= 0.6 is 0 Å². The number of carbonyl (C=O) groups is 4. The molecule has 0 N–H and O–H groups in total. The highest BCUT2D eigenvalue weighted by Gasteiger charge is 2.36. The Morgan fingerprint density at radius 3 is 1.32 bits per heavy atom. The van der Waals surface area contributed by atoms with Crippen molar-refractivity contribution in [1.82, 2.24) is 0 Å². The lowest BCUT2D eigenvalue weighted by molar-refractivity contribution is -0.122. The van der Waals surface area contributed by atoms with Crippen LogP contribution in [0, 0.1) is 0 Å². The molecular formula is C16H12N2O4. The van der Waals surface area contributed by atoms with E-state index >= 15 is 0 Å². The van der Waals surface area contributed by atoms with Crippen molar-refractivity contribution in [3.8, 4) is 0 Å². The maximum Gasteiger partial charge on any atom is 0.261 e. The topological polar surface area (TPSA) is 74.8 Å². The molecule has 22 heavy (non-hydrogen) atoms. The Kier molecular flexibility index (Phi) is 3.02. The minimum absolute atomic E-state index is 0.218. The summed E-state index contributed by atoms with van der Waals surface area (Å²) in [5.41, 5.74) is 1.06. The molecule has 0 saturated heterocycles. The number of carbonyl (C=O) groups excluding carboxylic acids is 4. The number of anilines is 2. The zero-order valence-corrected chi connectivity index (χ0v) is 12.0. The Labute approximate surface area is 126 Å². The average molecular weight is 296 g/mol. The van der Waals surface area contributed by atoms with E-state index in [1.54, 1.807) is 26.0 Å².